The third-order valence-electron chi connectivity index (χ3n) is 3.67. The molecule has 0 saturated carbocycles. The lowest BCUT2D eigenvalue weighted by Gasteiger charge is -2.10. The van der Waals surface area contributed by atoms with Gasteiger partial charge in [-0.05, 0) is 67.1 Å². The van der Waals surface area contributed by atoms with E-state index in [0.29, 0.717) is 18.8 Å². The van der Waals surface area contributed by atoms with E-state index >= 15 is 0 Å². The molecule has 132 valence electrons. The van der Waals surface area contributed by atoms with Gasteiger partial charge >= 0.3 is 5.97 Å². The van der Waals surface area contributed by atoms with Crippen LogP contribution in [0.4, 0.5) is 11.4 Å². The minimum Gasteiger partial charge on any atom is -0.489 e. The van der Waals surface area contributed by atoms with Crippen LogP contribution < -0.4 is 10.1 Å². The van der Waals surface area contributed by atoms with Crippen LogP contribution in [0.1, 0.15) is 22.8 Å². The van der Waals surface area contributed by atoms with Gasteiger partial charge < -0.3 is 14.8 Å². The first-order valence-corrected chi connectivity index (χ1v) is 8.40. The number of carbonyl (C=O) groups is 1. The van der Waals surface area contributed by atoms with Crippen molar-refractivity contribution < 1.29 is 14.3 Å². The number of hydrogen-bond donors (Lipinski definition) is 1. The average molecular weight is 348 g/mol. The topological polar surface area (TPSA) is 60.5 Å². The second-order valence-corrected chi connectivity index (χ2v) is 5.59. The normalized spacial score (nSPS) is 10.2. The van der Waals surface area contributed by atoms with Crippen LogP contribution in [0.3, 0.4) is 0 Å². The Balaban J connectivity index is 1.60. The van der Waals surface area contributed by atoms with E-state index in [1.165, 1.54) is 0 Å². The van der Waals surface area contributed by atoms with Crippen molar-refractivity contribution in [3.63, 3.8) is 0 Å². The molecule has 3 aromatic rings. The summed E-state index contributed by atoms with van der Waals surface area (Å²) in [5.41, 5.74) is 3.32. The molecule has 3 rings (SSSR count). The molecule has 0 unspecified atom stereocenters. The largest absolute Gasteiger partial charge is 0.489 e. The Morgan fingerprint density at radius 2 is 1.77 bits per heavy atom. The van der Waals surface area contributed by atoms with Gasteiger partial charge in [-0.1, -0.05) is 6.07 Å². The summed E-state index contributed by atoms with van der Waals surface area (Å²) in [6, 6.07) is 18.7. The van der Waals surface area contributed by atoms with Crippen LogP contribution in [0.5, 0.6) is 5.75 Å². The fourth-order valence-corrected chi connectivity index (χ4v) is 2.39. The summed E-state index contributed by atoms with van der Waals surface area (Å²) in [5.74, 6) is 0.462. The third kappa shape index (κ3) is 4.83. The molecule has 0 amide bonds. The molecule has 2 aromatic carbocycles. The number of aromatic nitrogens is 1. The van der Waals surface area contributed by atoms with Gasteiger partial charge in [0.2, 0.25) is 0 Å². The van der Waals surface area contributed by atoms with Crippen molar-refractivity contribution in [2.45, 2.75) is 13.5 Å². The molecule has 26 heavy (non-hydrogen) atoms. The fourth-order valence-electron chi connectivity index (χ4n) is 2.39. The molecule has 0 atom stereocenters. The minimum absolute atomic E-state index is 0.323. The Morgan fingerprint density at radius 1 is 1.00 bits per heavy atom. The second kappa shape index (κ2) is 8.67. The summed E-state index contributed by atoms with van der Waals surface area (Å²) in [7, 11) is 0. The lowest BCUT2D eigenvalue weighted by molar-refractivity contribution is 0.0526. The number of carbonyl (C=O) groups excluding carboxylic acids is 1. The number of anilines is 2. The maximum atomic E-state index is 11.8. The van der Waals surface area contributed by atoms with E-state index < -0.39 is 0 Å². The number of hydrogen-bond acceptors (Lipinski definition) is 5. The van der Waals surface area contributed by atoms with Gasteiger partial charge in [0.25, 0.3) is 0 Å². The summed E-state index contributed by atoms with van der Waals surface area (Å²) in [6.45, 7) is 2.65. The standard InChI is InChI=1S/C21H20N2O3/c1-2-25-21(24)17-4-3-5-19(14-17)23-18-6-8-20(9-7-18)26-15-16-10-12-22-13-11-16/h3-14,23H,2,15H2,1H3. The molecule has 1 aromatic heterocycles. The van der Waals surface area contributed by atoms with Crippen molar-refractivity contribution in [1.29, 1.82) is 0 Å². The Kier molecular flexibility index (Phi) is 5.83. The average Bonchev–Trinajstić information content (AvgIpc) is 2.69. The van der Waals surface area contributed by atoms with Gasteiger partial charge in [-0.3, -0.25) is 4.98 Å². The van der Waals surface area contributed by atoms with Gasteiger partial charge in [0.05, 0.1) is 12.2 Å². The Bertz CT molecular complexity index is 849. The minimum atomic E-state index is -0.323. The van der Waals surface area contributed by atoms with Crippen molar-refractivity contribution in [2.24, 2.45) is 0 Å². The van der Waals surface area contributed by atoms with Crippen molar-refractivity contribution in [3.05, 3.63) is 84.2 Å². The van der Waals surface area contributed by atoms with Gasteiger partial charge in [0.1, 0.15) is 12.4 Å². The summed E-state index contributed by atoms with van der Waals surface area (Å²) in [5, 5.41) is 3.27. The molecule has 0 saturated heterocycles. The highest BCUT2D eigenvalue weighted by atomic mass is 16.5. The number of benzene rings is 2. The molecule has 0 bridgehead atoms. The van der Waals surface area contributed by atoms with Crippen LogP contribution in [-0.2, 0) is 11.3 Å². The first-order valence-electron chi connectivity index (χ1n) is 8.40. The monoisotopic (exact) mass is 348 g/mol. The van der Waals surface area contributed by atoms with Crippen LogP contribution in [0.25, 0.3) is 0 Å². The van der Waals surface area contributed by atoms with Crippen LogP contribution >= 0.6 is 0 Å². The molecular weight excluding hydrogens is 328 g/mol. The number of esters is 1. The van der Waals surface area contributed by atoms with Crippen molar-refractivity contribution in [1.82, 2.24) is 4.98 Å². The van der Waals surface area contributed by atoms with Gasteiger partial charge in [-0.2, -0.15) is 0 Å². The first-order chi connectivity index (χ1) is 12.7. The van der Waals surface area contributed by atoms with Crippen LogP contribution in [0.15, 0.2) is 73.1 Å². The highest BCUT2D eigenvalue weighted by Gasteiger charge is 2.07. The summed E-state index contributed by atoms with van der Waals surface area (Å²) in [6.07, 6.45) is 3.49. The van der Waals surface area contributed by atoms with E-state index in [0.717, 1.165) is 22.7 Å². The Hall–Kier alpha value is -3.34. The van der Waals surface area contributed by atoms with Gasteiger partial charge in [0.15, 0.2) is 0 Å². The lowest BCUT2D eigenvalue weighted by atomic mass is 10.2. The SMILES string of the molecule is CCOC(=O)c1cccc(Nc2ccc(OCc3ccncc3)cc2)c1. The van der Waals surface area contributed by atoms with E-state index in [-0.39, 0.29) is 5.97 Å². The maximum Gasteiger partial charge on any atom is 0.338 e. The predicted molar refractivity (Wildman–Crippen MR) is 101 cm³/mol. The summed E-state index contributed by atoms with van der Waals surface area (Å²) in [4.78, 5) is 15.8. The van der Waals surface area contributed by atoms with Crippen molar-refractivity contribution >= 4 is 17.3 Å². The van der Waals surface area contributed by atoms with Gasteiger partial charge in [-0.25, -0.2) is 4.79 Å². The van der Waals surface area contributed by atoms with E-state index in [4.69, 9.17) is 9.47 Å². The van der Waals surface area contributed by atoms with Crippen LogP contribution in [0, 0.1) is 0 Å². The quantitative estimate of drug-likeness (QED) is 0.633. The zero-order valence-corrected chi connectivity index (χ0v) is 14.5. The Morgan fingerprint density at radius 3 is 2.50 bits per heavy atom. The third-order valence-corrected chi connectivity index (χ3v) is 3.67. The number of ether oxygens (including phenoxy) is 2. The maximum absolute atomic E-state index is 11.8. The van der Waals surface area contributed by atoms with E-state index in [1.807, 2.05) is 48.5 Å². The number of nitrogens with one attached hydrogen (secondary N) is 1. The number of pyridine rings is 1. The summed E-state index contributed by atoms with van der Waals surface area (Å²) < 4.78 is 10.8. The lowest BCUT2D eigenvalue weighted by Crippen LogP contribution is -2.04. The molecular formula is C21H20N2O3. The fraction of sp³-hybridized carbons (Fsp3) is 0.143. The van der Waals surface area contributed by atoms with Crippen LogP contribution in [0.2, 0.25) is 0 Å². The van der Waals surface area contributed by atoms with Crippen molar-refractivity contribution in [2.75, 3.05) is 11.9 Å². The Labute approximate surface area is 152 Å². The molecule has 5 nitrogen and oxygen atoms in total. The van der Waals surface area contributed by atoms with E-state index in [1.54, 1.807) is 31.5 Å². The molecule has 0 fully saturated rings. The highest BCUT2D eigenvalue weighted by Crippen LogP contribution is 2.21. The zero-order valence-electron chi connectivity index (χ0n) is 14.5. The first kappa shape index (κ1) is 17.5. The highest BCUT2D eigenvalue weighted by molar-refractivity contribution is 5.90. The molecule has 1 N–H and O–H groups in total. The smallest absolute Gasteiger partial charge is 0.338 e. The molecule has 0 aliphatic heterocycles. The zero-order chi connectivity index (χ0) is 18.2. The summed E-state index contributed by atoms with van der Waals surface area (Å²) >= 11 is 0. The molecule has 5 heteroatoms. The number of rotatable bonds is 7. The van der Waals surface area contributed by atoms with Gasteiger partial charge in [-0.15, -0.1) is 0 Å². The van der Waals surface area contributed by atoms with E-state index in [2.05, 4.69) is 10.3 Å². The molecule has 0 aliphatic rings. The van der Waals surface area contributed by atoms with Crippen LogP contribution in [-0.4, -0.2) is 17.6 Å². The predicted octanol–water partition coefficient (Wildman–Crippen LogP) is 4.58. The molecule has 1 heterocycles. The van der Waals surface area contributed by atoms with E-state index in [9.17, 15) is 4.79 Å². The molecule has 0 spiro atoms. The van der Waals surface area contributed by atoms with Gasteiger partial charge in [0, 0.05) is 23.8 Å². The molecule has 0 radical (unpaired) electrons. The van der Waals surface area contributed by atoms with Crippen molar-refractivity contribution in [3.8, 4) is 5.75 Å². The number of nitrogens with zero attached hydrogens (tertiary/aromatic N) is 1. The second-order valence-electron chi connectivity index (χ2n) is 5.59. The molecule has 0 aliphatic carbocycles.